The molecule has 1 aromatic carbocycles. The first-order chi connectivity index (χ1) is 11.1. The number of nitrogens with zero attached hydrogens (tertiary/aromatic N) is 1. The number of amides is 1. The molecule has 1 amide bonds. The molecule has 1 spiro atoms. The summed E-state index contributed by atoms with van der Waals surface area (Å²) in [5.74, 6) is -0.362. The Labute approximate surface area is 134 Å². The van der Waals surface area contributed by atoms with Crippen LogP contribution in [-0.4, -0.2) is 41.4 Å². The van der Waals surface area contributed by atoms with Crippen molar-refractivity contribution in [3.63, 3.8) is 0 Å². The number of esters is 1. The van der Waals surface area contributed by atoms with Crippen molar-refractivity contribution in [2.45, 2.75) is 37.9 Å². The van der Waals surface area contributed by atoms with E-state index in [1.165, 1.54) is 0 Å². The molecule has 2 aliphatic rings. The van der Waals surface area contributed by atoms with E-state index in [-0.39, 0.29) is 31.2 Å². The van der Waals surface area contributed by atoms with E-state index in [2.05, 4.69) is 0 Å². The maximum absolute atomic E-state index is 12.1. The van der Waals surface area contributed by atoms with E-state index in [9.17, 15) is 14.4 Å². The molecule has 0 aromatic heterocycles. The Balaban J connectivity index is 1.53. The molecule has 1 aromatic rings. The number of carbonyl (C=O) groups excluding carboxylic acids is 3. The minimum Gasteiger partial charge on any atom is -0.451 e. The summed E-state index contributed by atoms with van der Waals surface area (Å²) in [5, 5.41) is 0. The van der Waals surface area contributed by atoms with E-state index in [4.69, 9.17) is 9.47 Å². The third kappa shape index (κ3) is 3.36. The van der Waals surface area contributed by atoms with Gasteiger partial charge in [-0.05, 0) is 5.56 Å². The van der Waals surface area contributed by atoms with Crippen molar-refractivity contribution in [2.75, 3.05) is 13.1 Å². The topological polar surface area (TPSA) is 72.9 Å². The first-order valence-corrected chi connectivity index (χ1v) is 7.80. The fraction of sp³-hybridized carbons (Fsp3) is 0.471. The number of hydrogen-bond donors (Lipinski definition) is 0. The lowest BCUT2D eigenvalue weighted by Gasteiger charge is -2.41. The number of hydrogen-bond acceptors (Lipinski definition) is 5. The lowest BCUT2D eigenvalue weighted by molar-refractivity contribution is -0.179. The summed E-state index contributed by atoms with van der Waals surface area (Å²) in [7, 11) is 0. The van der Waals surface area contributed by atoms with E-state index in [0.29, 0.717) is 25.9 Å². The predicted octanol–water partition coefficient (Wildman–Crippen LogP) is 2.06. The van der Waals surface area contributed by atoms with Crippen LogP contribution in [0.25, 0.3) is 0 Å². The van der Waals surface area contributed by atoms with Crippen molar-refractivity contribution in [1.82, 2.24) is 4.90 Å². The second kappa shape index (κ2) is 6.40. The molecule has 122 valence electrons. The van der Waals surface area contributed by atoms with Gasteiger partial charge in [-0.15, -0.1) is 0 Å². The van der Waals surface area contributed by atoms with Gasteiger partial charge < -0.3 is 14.4 Å². The van der Waals surface area contributed by atoms with Crippen LogP contribution < -0.4 is 0 Å². The van der Waals surface area contributed by atoms with E-state index >= 15 is 0 Å². The van der Waals surface area contributed by atoms with Crippen LogP contribution in [0.5, 0.6) is 0 Å². The SMILES string of the molecule is O=C1CCC(=O)C2(CCN(C(=O)OCc3ccccc3)CC2)O1. The zero-order chi connectivity index (χ0) is 16.3. The van der Waals surface area contributed by atoms with Crippen LogP contribution in [0, 0.1) is 0 Å². The molecular formula is C17H19NO5. The third-order valence-electron chi connectivity index (χ3n) is 4.41. The predicted molar refractivity (Wildman–Crippen MR) is 80.5 cm³/mol. The molecule has 2 heterocycles. The van der Waals surface area contributed by atoms with Gasteiger partial charge in [-0.25, -0.2) is 4.79 Å². The van der Waals surface area contributed by atoms with E-state index in [1.807, 2.05) is 30.3 Å². The highest BCUT2D eigenvalue weighted by molar-refractivity contribution is 5.95. The van der Waals surface area contributed by atoms with Gasteiger partial charge in [0.2, 0.25) is 0 Å². The molecule has 3 rings (SSSR count). The Morgan fingerprint density at radius 2 is 1.83 bits per heavy atom. The summed E-state index contributed by atoms with van der Waals surface area (Å²) >= 11 is 0. The Hall–Kier alpha value is -2.37. The molecular weight excluding hydrogens is 298 g/mol. The van der Waals surface area contributed by atoms with Gasteiger partial charge in [-0.3, -0.25) is 9.59 Å². The molecule has 2 saturated heterocycles. The second-order valence-corrected chi connectivity index (χ2v) is 5.92. The molecule has 0 atom stereocenters. The monoisotopic (exact) mass is 317 g/mol. The summed E-state index contributed by atoms with van der Waals surface area (Å²) < 4.78 is 10.6. The van der Waals surface area contributed by atoms with Crippen molar-refractivity contribution in [3.05, 3.63) is 35.9 Å². The average Bonchev–Trinajstić information content (AvgIpc) is 2.58. The molecule has 0 saturated carbocycles. The number of likely N-dealkylation sites (tertiary alicyclic amines) is 1. The molecule has 0 N–H and O–H groups in total. The van der Waals surface area contributed by atoms with E-state index in [0.717, 1.165) is 5.56 Å². The molecule has 0 bridgehead atoms. The molecule has 2 aliphatic heterocycles. The lowest BCUT2D eigenvalue weighted by Crippen LogP contribution is -2.55. The number of ether oxygens (including phenoxy) is 2. The number of Topliss-reactive ketones (excluding diaryl/α,β-unsaturated/α-hetero) is 1. The maximum atomic E-state index is 12.1. The number of ketones is 1. The number of carbonyl (C=O) groups is 3. The van der Waals surface area contributed by atoms with Gasteiger partial charge in [0.25, 0.3) is 0 Å². The zero-order valence-corrected chi connectivity index (χ0v) is 12.8. The van der Waals surface area contributed by atoms with Crippen LogP contribution in [0.15, 0.2) is 30.3 Å². The van der Waals surface area contributed by atoms with Crippen molar-refractivity contribution in [1.29, 1.82) is 0 Å². The smallest absolute Gasteiger partial charge is 0.410 e. The minimum atomic E-state index is -1.02. The molecule has 23 heavy (non-hydrogen) atoms. The molecule has 0 unspecified atom stereocenters. The van der Waals surface area contributed by atoms with Crippen molar-refractivity contribution in [2.24, 2.45) is 0 Å². The van der Waals surface area contributed by atoms with Gasteiger partial charge in [-0.2, -0.15) is 0 Å². The minimum absolute atomic E-state index is 0.0330. The van der Waals surface area contributed by atoms with Gasteiger partial charge in [-0.1, -0.05) is 30.3 Å². The van der Waals surface area contributed by atoms with Crippen LogP contribution in [0.4, 0.5) is 4.79 Å². The number of rotatable bonds is 2. The Morgan fingerprint density at radius 3 is 2.52 bits per heavy atom. The van der Waals surface area contributed by atoms with Gasteiger partial charge in [0.15, 0.2) is 11.4 Å². The standard InChI is InChI=1S/C17H19NO5/c19-14-6-7-15(20)23-17(14)8-10-18(11-9-17)16(21)22-12-13-4-2-1-3-5-13/h1-5H,6-12H2. The fourth-order valence-corrected chi connectivity index (χ4v) is 3.01. The summed E-state index contributed by atoms with van der Waals surface area (Å²) in [5.41, 5.74) is -0.100. The maximum Gasteiger partial charge on any atom is 0.410 e. The Kier molecular flexibility index (Phi) is 4.32. The molecule has 2 fully saturated rings. The molecule has 0 radical (unpaired) electrons. The second-order valence-electron chi connectivity index (χ2n) is 5.92. The van der Waals surface area contributed by atoms with Gasteiger partial charge in [0, 0.05) is 32.4 Å². The van der Waals surface area contributed by atoms with Gasteiger partial charge in [0.1, 0.15) is 6.61 Å². The summed E-state index contributed by atoms with van der Waals surface area (Å²) in [4.78, 5) is 37.2. The summed E-state index contributed by atoms with van der Waals surface area (Å²) in [6.45, 7) is 0.925. The van der Waals surface area contributed by atoms with Gasteiger partial charge in [0.05, 0.1) is 6.42 Å². The Morgan fingerprint density at radius 1 is 1.13 bits per heavy atom. The normalized spacial score (nSPS) is 20.3. The van der Waals surface area contributed by atoms with Crippen LogP contribution in [0.2, 0.25) is 0 Å². The number of benzene rings is 1. The first kappa shape index (κ1) is 15.5. The average molecular weight is 317 g/mol. The lowest BCUT2D eigenvalue weighted by atomic mass is 9.83. The fourth-order valence-electron chi connectivity index (χ4n) is 3.01. The highest BCUT2D eigenvalue weighted by Gasteiger charge is 2.47. The van der Waals surface area contributed by atoms with Crippen molar-refractivity contribution in [3.8, 4) is 0 Å². The van der Waals surface area contributed by atoms with E-state index in [1.54, 1.807) is 4.90 Å². The van der Waals surface area contributed by atoms with Crippen molar-refractivity contribution >= 4 is 17.8 Å². The van der Waals surface area contributed by atoms with E-state index < -0.39 is 11.7 Å². The van der Waals surface area contributed by atoms with Crippen LogP contribution in [-0.2, 0) is 25.7 Å². The molecule has 6 heteroatoms. The summed E-state index contributed by atoms with van der Waals surface area (Å²) in [6, 6.07) is 9.45. The third-order valence-corrected chi connectivity index (χ3v) is 4.41. The molecule has 0 aliphatic carbocycles. The van der Waals surface area contributed by atoms with Gasteiger partial charge >= 0.3 is 12.1 Å². The largest absolute Gasteiger partial charge is 0.451 e. The van der Waals surface area contributed by atoms with Crippen molar-refractivity contribution < 1.29 is 23.9 Å². The van der Waals surface area contributed by atoms with Crippen LogP contribution in [0.3, 0.4) is 0 Å². The zero-order valence-electron chi connectivity index (χ0n) is 12.8. The quantitative estimate of drug-likeness (QED) is 0.781. The highest BCUT2D eigenvalue weighted by atomic mass is 16.6. The first-order valence-electron chi connectivity index (χ1n) is 7.80. The molecule has 6 nitrogen and oxygen atoms in total. The summed E-state index contributed by atoms with van der Waals surface area (Å²) in [6.07, 6.45) is 0.676. The Bertz CT molecular complexity index is 605. The van der Waals surface area contributed by atoms with Crippen LogP contribution in [0.1, 0.15) is 31.2 Å². The van der Waals surface area contributed by atoms with Crippen LogP contribution >= 0.6 is 0 Å². The number of piperidine rings is 1. The highest BCUT2D eigenvalue weighted by Crippen LogP contribution is 2.33.